The molecular weight excluding hydrogens is 382 g/mol. The highest BCUT2D eigenvalue weighted by atomic mass is 32.3. The normalized spacial score (nSPS) is 10.4. The Bertz CT molecular complexity index is 852. The molecule has 152 valence electrons. The maximum Gasteiger partial charge on any atom is 0.426 e. The first kappa shape index (κ1) is 23.4. The summed E-state index contributed by atoms with van der Waals surface area (Å²) in [6.07, 6.45) is 3.66. The predicted molar refractivity (Wildman–Crippen MR) is 107 cm³/mol. The summed E-state index contributed by atoms with van der Waals surface area (Å²) in [4.78, 5) is 3.14. The Morgan fingerprint density at radius 2 is 1.79 bits per heavy atom. The van der Waals surface area contributed by atoms with Crippen molar-refractivity contribution in [1.82, 2.24) is 0 Å². The van der Waals surface area contributed by atoms with Crippen LogP contribution in [0.25, 0.3) is 4.98 Å². The number of diazo groups is 1. The standard InChI is InChI=1S/C13H12N3O.C6H14O4S/c1-17-13-9-11(7-8-12(13)16-14)15-10-5-3-2-4-6-10;1-2-3-4-5-6-10-11(7,8)9/h2-9,15H,1H3;2-6H2,1H3,(H,7,8,9)/q+1;/p-1. The van der Waals surface area contributed by atoms with E-state index in [4.69, 9.17) is 10.1 Å². The maximum absolute atomic E-state index is 9.89. The smallest absolute Gasteiger partial charge is 0.426 e. The summed E-state index contributed by atoms with van der Waals surface area (Å²) in [7, 11) is -2.92. The fraction of sp³-hybridized carbons (Fsp3) is 0.368. The third-order valence-corrected chi connectivity index (χ3v) is 4.03. The highest BCUT2D eigenvalue weighted by Gasteiger charge is 2.14. The second kappa shape index (κ2) is 12.7. The molecule has 0 spiro atoms. The van der Waals surface area contributed by atoms with Crippen LogP contribution in [0.1, 0.15) is 32.6 Å². The van der Waals surface area contributed by atoms with E-state index in [9.17, 15) is 13.0 Å². The van der Waals surface area contributed by atoms with Crippen LogP contribution < -0.4 is 10.1 Å². The molecule has 0 amide bonds. The monoisotopic (exact) mass is 407 g/mol. The minimum atomic E-state index is -4.46. The van der Waals surface area contributed by atoms with Gasteiger partial charge in [-0.25, -0.2) is 8.42 Å². The fourth-order valence-corrected chi connectivity index (χ4v) is 2.54. The van der Waals surface area contributed by atoms with E-state index < -0.39 is 10.4 Å². The maximum atomic E-state index is 9.89. The number of anilines is 2. The molecule has 0 fully saturated rings. The number of para-hydroxylation sites is 1. The Morgan fingerprint density at radius 3 is 2.36 bits per heavy atom. The summed E-state index contributed by atoms with van der Waals surface area (Å²) in [5, 5.41) is 12.0. The molecule has 0 radical (unpaired) electrons. The van der Waals surface area contributed by atoms with Crippen molar-refractivity contribution in [3.8, 4) is 5.75 Å². The molecule has 8 nitrogen and oxygen atoms in total. The number of ether oxygens (including phenoxy) is 1. The number of unbranched alkanes of at least 4 members (excludes halogenated alkanes) is 3. The fourth-order valence-electron chi connectivity index (χ4n) is 2.22. The molecule has 0 atom stereocenters. The van der Waals surface area contributed by atoms with Gasteiger partial charge in [-0.15, -0.1) is 0 Å². The Kier molecular flexibility index (Phi) is 10.6. The number of hydrogen-bond donors (Lipinski definition) is 1. The molecule has 0 bridgehead atoms. The molecule has 2 aromatic carbocycles. The van der Waals surface area contributed by atoms with Crippen LogP contribution in [0.15, 0.2) is 48.5 Å². The zero-order chi connectivity index (χ0) is 20.8. The molecule has 0 aromatic heterocycles. The molecule has 0 aliphatic heterocycles. The highest BCUT2D eigenvalue weighted by molar-refractivity contribution is 7.80. The van der Waals surface area contributed by atoms with Gasteiger partial charge in [-0.1, -0.05) is 44.4 Å². The molecule has 0 saturated heterocycles. The van der Waals surface area contributed by atoms with Crippen molar-refractivity contribution in [3.05, 3.63) is 53.5 Å². The average Bonchev–Trinajstić information content (AvgIpc) is 2.68. The van der Waals surface area contributed by atoms with Gasteiger partial charge in [0, 0.05) is 23.5 Å². The first-order valence-electron chi connectivity index (χ1n) is 8.85. The molecule has 9 heteroatoms. The van der Waals surface area contributed by atoms with Crippen LogP contribution in [-0.2, 0) is 14.6 Å². The Hall–Kier alpha value is -2.67. The summed E-state index contributed by atoms with van der Waals surface area (Å²) >= 11 is 0. The highest BCUT2D eigenvalue weighted by Crippen LogP contribution is 2.31. The van der Waals surface area contributed by atoms with Crippen LogP contribution in [0.4, 0.5) is 17.1 Å². The Labute approximate surface area is 166 Å². The number of hydrogen-bond acceptors (Lipinski definition) is 7. The van der Waals surface area contributed by atoms with Crippen molar-refractivity contribution in [3.63, 3.8) is 0 Å². The van der Waals surface area contributed by atoms with E-state index >= 15 is 0 Å². The lowest BCUT2D eigenvalue weighted by molar-refractivity contribution is 0.255. The first-order valence-corrected chi connectivity index (χ1v) is 10.2. The van der Waals surface area contributed by atoms with Gasteiger partial charge >= 0.3 is 5.69 Å². The number of rotatable bonds is 9. The van der Waals surface area contributed by atoms with Crippen LogP contribution in [0.3, 0.4) is 0 Å². The van der Waals surface area contributed by atoms with Crippen molar-refractivity contribution in [1.29, 1.82) is 5.39 Å². The zero-order valence-electron chi connectivity index (χ0n) is 16.0. The topological polar surface area (TPSA) is 116 Å². The summed E-state index contributed by atoms with van der Waals surface area (Å²) in [5.41, 5.74) is 2.27. The molecule has 28 heavy (non-hydrogen) atoms. The Balaban J connectivity index is 0.000000311. The van der Waals surface area contributed by atoms with Gasteiger partial charge in [-0.2, -0.15) is 0 Å². The lowest BCUT2D eigenvalue weighted by atomic mass is 10.2. The second-order valence-electron chi connectivity index (χ2n) is 5.77. The molecule has 1 N–H and O–H groups in total. The van der Waals surface area contributed by atoms with E-state index in [1.807, 2.05) is 43.3 Å². The number of nitrogens with zero attached hydrogens (tertiary/aromatic N) is 2. The van der Waals surface area contributed by atoms with Gasteiger partial charge in [0.15, 0.2) is 4.98 Å². The molecule has 2 rings (SSSR count). The Morgan fingerprint density at radius 1 is 1.07 bits per heavy atom. The SMILES string of the molecule is CCCCCCOS(=O)(=O)[O-].COc1cc(Nc2ccccc2)ccc1[N+]#N. The van der Waals surface area contributed by atoms with Gasteiger partial charge < -0.3 is 14.6 Å². The molecule has 2 aromatic rings. The summed E-state index contributed by atoms with van der Waals surface area (Å²) in [6, 6.07) is 15.1. The molecule has 0 unspecified atom stereocenters. The molecule has 0 aliphatic rings. The van der Waals surface area contributed by atoms with Crippen LogP contribution in [0.5, 0.6) is 5.75 Å². The molecule has 0 saturated carbocycles. The average molecular weight is 407 g/mol. The van der Waals surface area contributed by atoms with Crippen molar-refractivity contribution in [2.75, 3.05) is 19.0 Å². The van der Waals surface area contributed by atoms with Crippen LogP contribution in [0.2, 0.25) is 0 Å². The predicted octanol–water partition coefficient (Wildman–Crippen LogP) is 4.97. The van der Waals surface area contributed by atoms with E-state index in [0.29, 0.717) is 17.9 Å². The molecule has 0 aliphatic carbocycles. The zero-order valence-corrected chi connectivity index (χ0v) is 16.8. The van der Waals surface area contributed by atoms with Gasteiger partial charge in [0.05, 0.1) is 13.7 Å². The van der Waals surface area contributed by atoms with Crippen LogP contribution in [0, 0.1) is 5.39 Å². The van der Waals surface area contributed by atoms with Gasteiger partial charge in [0.1, 0.15) is 0 Å². The largest absolute Gasteiger partial charge is 0.726 e. The number of methoxy groups -OCH3 is 1. The first-order chi connectivity index (χ1) is 13.4. The van der Waals surface area contributed by atoms with Gasteiger partial charge in [0.2, 0.25) is 21.5 Å². The van der Waals surface area contributed by atoms with E-state index in [2.05, 4.69) is 14.5 Å². The van der Waals surface area contributed by atoms with Crippen molar-refractivity contribution >= 4 is 27.5 Å². The van der Waals surface area contributed by atoms with Gasteiger partial charge in [0.25, 0.3) is 0 Å². The summed E-state index contributed by atoms with van der Waals surface area (Å²) < 4.78 is 38.8. The van der Waals surface area contributed by atoms with Crippen molar-refractivity contribution < 1.29 is 21.9 Å². The van der Waals surface area contributed by atoms with Crippen molar-refractivity contribution in [2.45, 2.75) is 32.6 Å². The molecule has 0 heterocycles. The van der Waals surface area contributed by atoms with E-state index in [-0.39, 0.29) is 6.61 Å². The third kappa shape index (κ3) is 9.87. The third-order valence-electron chi connectivity index (χ3n) is 3.58. The summed E-state index contributed by atoms with van der Waals surface area (Å²) in [5.74, 6) is 0.522. The van der Waals surface area contributed by atoms with E-state index in [0.717, 1.165) is 30.6 Å². The molecular formula is C19H25N3O5S. The number of benzene rings is 2. The van der Waals surface area contributed by atoms with Gasteiger partial charge in [-0.3, -0.25) is 4.18 Å². The lowest BCUT2D eigenvalue weighted by Gasteiger charge is -2.06. The summed E-state index contributed by atoms with van der Waals surface area (Å²) in [6.45, 7) is 2.07. The van der Waals surface area contributed by atoms with Crippen molar-refractivity contribution in [2.24, 2.45) is 0 Å². The van der Waals surface area contributed by atoms with Crippen LogP contribution in [-0.4, -0.2) is 26.7 Å². The van der Waals surface area contributed by atoms with E-state index in [1.165, 1.54) is 7.11 Å². The van der Waals surface area contributed by atoms with Crippen LogP contribution >= 0.6 is 0 Å². The second-order valence-corrected chi connectivity index (χ2v) is 6.82. The minimum absolute atomic E-state index is 0.0197. The van der Waals surface area contributed by atoms with E-state index in [1.54, 1.807) is 12.1 Å². The lowest BCUT2D eigenvalue weighted by Crippen LogP contribution is -2.04. The number of nitrogens with one attached hydrogen (secondary N) is 1. The quantitative estimate of drug-likeness (QED) is 0.270. The minimum Gasteiger partial charge on any atom is -0.726 e. The van der Waals surface area contributed by atoms with Gasteiger partial charge in [-0.05, 0) is 24.6 Å².